The molecule has 0 fully saturated rings. The highest BCUT2D eigenvalue weighted by Gasteiger charge is 2.34. The predicted octanol–water partition coefficient (Wildman–Crippen LogP) is 4.40. The van der Waals surface area contributed by atoms with Crippen LogP contribution in [0.5, 0.6) is 0 Å². The van der Waals surface area contributed by atoms with Crippen molar-refractivity contribution in [2.75, 3.05) is 0 Å². The number of carboxylic acid groups (broad SMARTS) is 1. The van der Waals surface area contributed by atoms with Crippen LogP contribution >= 0.6 is 0 Å². The van der Waals surface area contributed by atoms with Crippen LogP contribution in [0.3, 0.4) is 0 Å². The van der Waals surface area contributed by atoms with E-state index in [1.807, 2.05) is 6.08 Å². The van der Waals surface area contributed by atoms with Gasteiger partial charge in [-0.2, -0.15) is 0 Å². The predicted molar refractivity (Wildman–Crippen MR) is 99.1 cm³/mol. The first-order valence-electron chi connectivity index (χ1n) is 8.89. The normalized spacial score (nSPS) is 15.6. The van der Waals surface area contributed by atoms with Crippen LogP contribution in [0.4, 0.5) is 8.78 Å². The second-order valence-electron chi connectivity index (χ2n) is 6.12. The van der Waals surface area contributed by atoms with Crippen LogP contribution in [0.2, 0.25) is 0 Å². The lowest BCUT2D eigenvalue weighted by Gasteiger charge is -2.15. The molecule has 6 heteroatoms. The third kappa shape index (κ3) is 15.7. The van der Waals surface area contributed by atoms with Crippen molar-refractivity contribution in [1.29, 1.82) is 0 Å². The zero-order valence-corrected chi connectivity index (χ0v) is 15.2. The molecule has 0 bridgehead atoms. The van der Waals surface area contributed by atoms with Crippen molar-refractivity contribution in [2.45, 2.75) is 70.0 Å². The molecule has 0 aromatic carbocycles. The highest BCUT2D eigenvalue weighted by Crippen LogP contribution is 2.24. The Morgan fingerprint density at radius 1 is 1.00 bits per heavy atom. The number of halogens is 2. The summed E-state index contributed by atoms with van der Waals surface area (Å²) >= 11 is 0. The average molecular weight is 372 g/mol. The second-order valence-corrected chi connectivity index (χ2v) is 6.12. The summed E-state index contributed by atoms with van der Waals surface area (Å²) in [4.78, 5) is 10.3. The van der Waals surface area contributed by atoms with Crippen LogP contribution in [-0.4, -0.2) is 39.4 Å². The summed E-state index contributed by atoms with van der Waals surface area (Å²) < 4.78 is 26.4. The summed E-state index contributed by atoms with van der Waals surface area (Å²) in [6.45, 7) is 2.15. The molecule has 148 valence electrons. The minimum atomic E-state index is -3.45. The highest BCUT2D eigenvalue weighted by atomic mass is 19.3. The van der Waals surface area contributed by atoms with Gasteiger partial charge < -0.3 is 15.3 Å². The van der Waals surface area contributed by atoms with Gasteiger partial charge >= 0.3 is 5.97 Å². The highest BCUT2D eigenvalue weighted by molar-refractivity contribution is 5.67. The number of unbranched alkanes of at least 4 members (excludes halogenated alkanes) is 3. The Bertz CT molecular complexity index is 496. The largest absolute Gasteiger partial charge is 0.481 e. The van der Waals surface area contributed by atoms with Gasteiger partial charge in [-0.05, 0) is 19.3 Å². The van der Waals surface area contributed by atoms with E-state index in [0.717, 1.165) is 18.9 Å². The molecule has 0 aromatic heterocycles. The molecule has 0 aliphatic heterocycles. The van der Waals surface area contributed by atoms with Gasteiger partial charge in [0.15, 0.2) is 0 Å². The van der Waals surface area contributed by atoms with Gasteiger partial charge in [0.05, 0.1) is 12.2 Å². The van der Waals surface area contributed by atoms with Gasteiger partial charge in [0.1, 0.15) is 6.42 Å². The Balaban J connectivity index is 4.07. The molecular weight excluding hydrogens is 342 g/mol. The fraction of sp³-hybridized carbons (Fsp3) is 0.550. The van der Waals surface area contributed by atoms with E-state index in [-0.39, 0.29) is 0 Å². The second kappa shape index (κ2) is 14.4. The molecule has 2 atom stereocenters. The number of carboxylic acids is 1. The number of carbonyl (C=O) groups is 1. The standard InChI is InChI=1S/C20H30F2O4/c1-2-3-4-5-6-9-12-17(23)13-10-7-8-11-14-18(24)15-20(21,22)16-19(25)26/h6-11,13-14,17-18,23-24H,2-5,12,15-16H2,1H3,(H,25,26)/b8-7+,9-6-,13-10+,14-11-/t17-,18-/m1/s1. The Hall–Kier alpha value is -1.79. The Morgan fingerprint density at radius 3 is 2.19 bits per heavy atom. The van der Waals surface area contributed by atoms with Gasteiger partial charge in [0, 0.05) is 6.42 Å². The number of aliphatic carboxylic acids is 1. The average Bonchev–Trinajstić information content (AvgIpc) is 2.52. The monoisotopic (exact) mass is 372 g/mol. The molecule has 26 heavy (non-hydrogen) atoms. The van der Waals surface area contributed by atoms with Crippen molar-refractivity contribution < 1.29 is 28.9 Å². The lowest BCUT2D eigenvalue weighted by molar-refractivity contribution is -0.146. The van der Waals surface area contributed by atoms with E-state index >= 15 is 0 Å². The van der Waals surface area contributed by atoms with Crippen molar-refractivity contribution >= 4 is 5.97 Å². The van der Waals surface area contributed by atoms with Crippen LogP contribution in [0, 0.1) is 0 Å². The van der Waals surface area contributed by atoms with Crippen LogP contribution in [0.25, 0.3) is 0 Å². The molecule has 0 aliphatic rings. The number of aliphatic hydroxyl groups excluding tert-OH is 2. The first-order valence-corrected chi connectivity index (χ1v) is 8.89. The molecule has 3 N–H and O–H groups in total. The number of aliphatic hydroxyl groups is 2. The zero-order chi connectivity index (χ0) is 19.8. The quantitative estimate of drug-likeness (QED) is 0.240. The smallest absolute Gasteiger partial charge is 0.309 e. The Kier molecular flexibility index (Phi) is 13.4. The van der Waals surface area contributed by atoms with Crippen LogP contribution in [0.15, 0.2) is 48.6 Å². The minimum Gasteiger partial charge on any atom is -0.481 e. The van der Waals surface area contributed by atoms with Gasteiger partial charge in [-0.25, -0.2) is 8.78 Å². The molecule has 0 saturated carbocycles. The first-order chi connectivity index (χ1) is 12.3. The molecule has 0 spiro atoms. The zero-order valence-electron chi connectivity index (χ0n) is 15.2. The van der Waals surface area contributed by atoms with Crippen molar-refractivity contribution in [3.63, 3.8) is 0 Å². The van der Waals surface area contributed by atoms with Crippen molar-refractivity contribution in [2.24, 2.45) is 0 Å². The van der Waals surface area contributed by atoms with Crippen molar-refractivity contribution in [3.05, 3.63) is 48.6 Å². The van der Waals surface area contributed by atoms with E-state index in [1.54, 1.807) is 18.2 Å². The molecule has 0 heterocycles. The molecule has 0 aliphatic carbocycles. The molecule has 0 rings (SSSR count). The summed E-state index contributed by atoms with van der Waals surface area (Å²) in [5.74, 6) is -5.06. The molecule has 0 aromatic rings. The number of allylic oxidation sites excluding steroid dienone is 5. The van der Waals surface area contributed by atoms with Crippen LogP contribution < -0.4 is 0 Å². The van der Waals surface area contributed by atoms with Gasteiger partial charge in [0.2, 0.25) is 0 Å². The van der Waals surface area contributed by atoms with E-state index in [0.29, 0.717) is 6.42 Å². The maximum Gasteiger partial charge on any atom is 0.309 e. The van der Waals surface area contributed by atoms with Crippen molar-refractivity contribution in [3.8, 4) is 0 Å². The molecule has 0 radical (unpaired) electrons. The van der Waals surface area contributed by atoms with E-state index in [9.17, 15) is 23.8 Å². The summed E-state index contributed by atoms with van der Waals surface area (Å²) in [6, 6.07) is 0. The molecule has 4 nitrogen and oxygen atoms in total. The van der Waals surface area contributed by atoms with Gasteiger partial charge in [-0.1, -0.05) is 68.4 Å². The molecule has 0 amide bonds. The molecule has 0 unspecified atom stereocenters. The maximum atomic E-state index is 13.2. The molecular formula is C20H30F2O4. The van der Waals surface area contributed by atoms with E-state index in [2.05, 4.69) is 13.0 Å². The number of alkyl halides is 2. The summed E-state index contributed by atoms with van der Waals surface area (Å²) in [5.41, 5.74) is 0. The third-order valence-electron chi connectivity index (χ3n) is 3.44. The molecule has 0 saturated heterocycles. The van der Waals surface area contributed by atoms with Crippen molar-refractivity contribution in [1.82, 2.24) is 0 Å². The third-order valence-corrected chi connectivity index (χ3v) is 3.44. The fourth-order valence-corrected chi connectivity index (χ4v) is 2.12. The summed E-state index contributed by atoms with van der Waals surface area (Å²) in [7, 11) is 0. The Morgan fingerprint density at radius 2 is 1.62 bits per heavy atom. The van der Waals surface area contributed by atoms with Crippen LogP contribution in [0.1, 0.15) is 51.9 Å². The van der Waals surface area contributed by atoms with Gasteiger partial charge in [-0.3, -0.25) is 4.79 Å². The topological polar surface area (TPSA) is 77.8 Å². The van der Waals surface area contributed by atoms with Gasteiger partial charge in [-0.15, -0.1) is 0 Å². The van der Waals surface area contributed by atoms with Crippen LogP contribution in [-0.2, 0) is 4.79 Å². The summed E-state index contributed by atoms with van der Waals surface area (Å²) in [5, 5.41) is 27.6. The number of hydrogen-bond acceptors (Lipinski definition) is 3. The van der Waals surface area contributed by atoms with E-state index in [1.165, 1.54) is 25.0 Å². The lowest BCUT2D eigenvalue weighted by atomic mass is 10.1. The minimum absolute atomic E-state index is 0.531. The van der Waals surface area contributed by atoms with E-state index in [4.69, 9.17) is 5.11 Å². The number of hydrogen-bond donors (Lipinski definition) is 3. The number of rotatable bonds is 14. The van der Waals surface area contributed by atoms with Gasteiger partial charge in [0.25, 0.3) is 5.92 Å². The van der Waals surface area contributed by atoms with E-state index < -0.39 is 36.9 Å². The maximum absolute atomic E-state index is 13.2. The SMILES string of the molecule is CCCCC/C=C\C[C@@H](O)/C=C/C=C/C=C\[C@@H](O)CC(F)(F)CC(=O)O. The summed E-state index contributed by atoms with van der Waals surface area (Å²) in [6.07, 6.45) is 13.8. The lowest BCUT2D eigenvalue weighted by Crippen LogP contribution is -2.26. The fourth-order valence-electron chi connectivity index (χ4n) is 2.12. The Labute approximate surface area is 154 Å². The first kappa shape index (κ1) is 24.2.